The van der Waals surface area contributed by atoms with Crippen LogP contribution in [0.4, 0.5) is 5.69 Å². The second-order valence-electron chi connectivity index (χ2n) is 10.2. The molecule has 7 nitrogen and oxygen atoms in total. The van der Waals surface area contributed by atoms with Crippen LogP contribution < -0.4 is 10.1 Å². The van der Waals surface area contributed by atoms with Crippen LogP contribution in [0.2, 0.25) is 0 Å². The van der Waals surface area contributed by atoms with Crippen molar-refractivity contribution >= 4 is 23.4 Å². The van der Waals surface area contributed by atoms with Crippen molar-refractivity contribution < 1.29 is 19.1 Å². The number of ether oxygens (including phenoxy) is 1. The minimum absolute atomic E-state index is 0.0478. The molecule has 1 aromatic carbocycles. The second kappa shape index (κ2) is 8.17. The van der Waals surface area contributed by atoms with Crippen LogP contribution in [0.25, 0.3) is 0 Å². The quantitative estimate of drug-likeness (QED) is 0.747. The highest BCUT2D eigenvalue weighted by atomic mass is 16.5. The van der Waals surface area contributed by atoms with Gasteiger partial charge in [0.25, 0.3) is 0 Å². The second-order valence-corrected chi connectivity index (χ2v) is 10.2. The van der Waals surface area contributed by atoms with Gasteiger partial charge in [0.15, 0.2) is 0 Å². The van der Waals surface area contributed by atoms with Gasteiger partial charge in [-0.05, 0) is 25.0 Å². The van der Waals surface area contributed by atoms with Gasteiger partial charge in [-0.2, -0.15) is 0 Å². The third kappa shape index (κ3) is 4.55. The van der Waals surface area contributed by atoms with Crippen molar-refractivity contribution in [2.75, 3.05) is 31.5 Å². The molecule has 4 rings (SSSR count). The van der Waals surface area contributed by atoms with E-state index in [1.54, 1.807) is 0 Å². The third-order valence-electron chi connectivity index (χ3n) is 6.66. The summed E-state index contributed by atoms with van der Waals surface area (Å²) in [4.78, 5) is 42.1. The van der Waals surface area contributed by atoms with Gasteiger partial charge in [-0.1, -0.05) is 32.9 Å². The molecule has 168 valence electrons. The molecular formula is C24H33N3O4. The molecule has 0 radical (unpaired) electrons. The molecule has 7 heteroatoms. The zero-order valence-corrected chi connectivity index (χ0v) is 18.8. The lowest BCUT2D eigenvalue weighted by Gasteiger charge is -2.43. The standard InChI is InChI=1S/C24H33N3O4/c1-23(2,3)22(30)27-12-6-7-17(16-27)21(29)26-13-10-24(11-14-26)15-20(28)25-18-8-4-5-9-19(18)31-24/h4-5,8-9,17H,6-7,10-16H2,1-3H3,(H,25,28). The number of hydrogen-bond donors (Lipinski definition) is 1. The largest absolute Gasteiger partial charge is 0.484 e. The van der Waals surface area contributed by atoms with Gasteiger partial charge in [-0.3, -0.25) is 14.4 Å². The van der Waals surface area contributed by atoms with Gasteiger partial charge < -0.3 is 19.9 Å². The fraction of sp³-hybridized carbons (Fsp3) is 0.625. The average Bonchev–Trinajstić information content (AvgIpc) is 2.87. The van der Waals surface area contributed by atoms with E-state index in [9.17, 15) is 14.4 Å². The van der Waals surface area contributed by atoms with E-state index in [1.807, 2.05) is 54.8 Å². The molecule has 3 aliphatic heterocycles. The van der Waals surface area contributed by atoms with E-state index in [-0.39, 0.29) is 23.6 Å². The minimum Gasteiger partial charge on any atom is -0.484 e. The molecule has 31 heavy (non-hydrogen) atoms. The molecule has 2 fully saturated rings. The number of piperidine rings is 2. The Kier molecular flexibility index (Phi) is 5.71. The normalized spacial score (nSPS) is 23.5. The summed E-state index contributed by atoms with van der Waals surface area (Å²) in [5.41, 5.74) is -0.307. The zero-order valence-electron chi connectivity index (χ0n) is 18.8. The molecule has 1 spiro atoms. The van der Waals surface area contributed by atoms with E-state index in [1.165, 1.54) is 0 Å². The number of amides is 3. The molecule has 0 aromatic heterocycles. The first-order valence-electron chi connectivity index (χ1n) is 11.3. The van der Waals surface area contributed by atoms with E-state index in [2.05, 4.69) is 5.32 Å². The summed E-state index contributed by atoms with van der Waals surface area (Å²) in [6, 6.07) is 7.50. The van der Waals surface area contributed by atoms with Crippen molar-refractivity contribution in [1.29, 1.82) is 0 Å². The van der Waals surface area contributed by atoms with Crippen LogP contribution in [-0.4, -0.2) is 59.3 Å². The van der Waals surface area contributed by atoms with Gasteiger partial charge in [0.05, 0.1) is 18.0 Å². The Balaban J connectivity index is 1.40. The number of fused-ring (bicyclic) bond motifs is 1. The van der Waals surface area contributed by atoms with E-state index >= 15 is 0 Å². The van der Waals surface area contributed by atoms with Crippen LogP contribution in [0.3, 0.4) is 0 Å². The van der Waals surface area contributed by atoms with Crippen molar-refractivity contribution in [3.63, 3.8) is 0 Å². The van der Waals surface area contributed by atoms with Gasteiger partial charge in [-0.25, -0.2) is 0 Å². The Morgan fingerprint density at radius 1 is 1.10 bits per heavy atom. The maximum atomic E-state index is 13.2. The van der Waals surface area contributed by atoms with Gasteiger partial charge in [0, 0.05) is 44.4 Å². The van der Waals surface area contributed by atoms with Crippen LogP contribution in [0.5, 0.6) is 5.75 Å². The number of rotatable bonds is 1. The number of carbonyl (C=O) groups is 3. The summed E-state index contributed by atoms with van der Waals surface area (Å²) < 4.78 is 6.34. The summed E-state index contributed by atoms with van der Waals surface area (Å²) in [6.45, 7) is 8.13. The first-order valence-corrected chi connectivity index (χ1v) is 11.3. The Hall–Kier alpha value is -2.57. The highest BCUT2D eigenvalue weighted by Gasteiger charge is 2.43. The number of para-hydroxylation sites is 2. The zero-order chi connectivity index (χ0) is 22.2. The Morgan fingerprint density at radius 2 is 1.81 bits per heavy atom. The number of carbonyl (C=O) groups excluding carboxylic acids is 3. The lowest BCUT2D eigenvalue weighted by Crippen LogP contribution is -2.54. The number of nitrogens with zero attached hydrogens (tertiary/aromatic N) is 2. The monoisotopic (exact) mass is 427 g/mol. The maximum Gasteiger partial charge on any atom is 0.228 e. The minimum atomic E-state index is -0.575. The summed E-state index contributed by atoms with van der Waals surface area (Å²) in [5, 5.41) is 2.93. The number of likely N-dealkylation sites (tertiary alicyclic amines) is 2. The summed E-state index contributed by atoms with van der Waals surface area (Å²) in [7, 11) is 0. The third-order valence-corrected chi connectivity index (χ3v) is 6.66. The van der Waals surface area contributed by atoms with Crippen molar-refractivity contribution in [2.45, 2.75) is 58.5 Å². The molecule has 3 heterocycles. The number of benzene rings is 1. The van der Waals surface area contributed by atoms with Crippen LogP contribution in [0.1, 0.15) is 52.9 Å². The Labute approximate surface area is 184 Å². The Bertz CT molecular complexity index is 868. The van der Waals surface area contributed by atoms with Crippen LogP contribution in [0.15, 0.2) is 24.3 Å². The van der Waals surface area contributed by atoms with Crippen LogP contribution in [-0.2, 0) is 14.4 Å². The van der Waals surface area contributed by atoms with E-state index < -0.39 is 11.0 Å². The molecule has 1 atom stereocenters. The van der Waals surface area contributed by atoms with Crippen LogP contribution >= 0.6 is 0 Å². The molecule has 0 saturated carbocycles. The molecule has 3 amide bonds. The summed E-state index contributed by atoms with van der Waals surface area (Å²) >= 11 is 0. The van der Waals surface area contributed by atoms with Gasteiger partial charge in [-0.15, -0.1) is 0 Å². The highest BCUT2D eigenvalue weighted by molar-refractivity contribution is 5.94. The van der Waals surface area contributed by atoms with Crippen LogP contribution in [0, 0.1) is 11.3 Å². The lowest BCUT2D eigenvalue weighted by atomic mass is 9.86. The molecule has 1 aromatic rings. The SMILES string of the molecule is CC(C)(C)C(=O)N1CCCC(C(=O)N2CCC3(CC2)CC(=O)Nc2ccccc2O3)C1. The molecule has 3 aliphatic rings. The first kappa shape index (κ1) is 21.7. The Morgan fingerprint density at radius 3 is 2.52 bits per heavy atom. The molecule has 0 aliphatic carbocycles. The smallest absolute Gasteiger partial charge is 0.228 e. The van der Waals surface area contributed by atoms with E-state index in [0.29, 0.717) is 50.3 Å². The summed E-state index contributed by atoms with van der Waals surface area (Å²) in [6.07, 6.45) is 3.22. The van der Waals surface area contributed by atoms with Gasteiger partial charge in [0.1, 0.15) is 11.4 Å². The first-order chi connectivity index (χ1) is 14.7. The van der Waals surface area contributed by atoms with Crippen molar-refractivity contribution in [3.05, 3.63) is 24.3 Å². The molecule has 1 N–H and O–H groups in total. The predicted octanol–water partition coefficient (Wildman–Crippen LogP) is 3.05. The topological polar surface area (TPSA) is 79.0 Å². The highest BCUT2D eigenvalue weighted by Crippen LogP contribution is 2.38. The van der Waals surface area contributed by atoms with E-state index in [4.69, 9.17) is 4.74 Å². The number of anilines is 1. The average molecular weight is 428 g/mol. The van der Waals surface area contributed by atoms with Crippen molar-refractivity contribution in [2.24, 2.45) is 11.3 Å². The fourth-order valence-electron chi connectivity index (χ4n) is 4.92. The van der Waals surface area contributed by atoms with Crippen molar-refractivity contribution in [1.82, 2.24) is 9.80 Å². The lowest BCUT2D eigenvalue weighted by molar-refractivity contribution is -0.146. The molecule has 0 bridgehead atoms. The van der Waals surface area contributed by atoms with E-state index in [0.717, 1.165) is 19.4 Å². The molecule has 2 saturated heterocycles. The molecular weight excluding hydrogens is 394 g/mol. The van der Waals surface area contributed by atoms with Gasteiger partial charge in [0.2, 0.25) is 17.7 Å². The number of nitrogens with one attached hydrogen (secondary N) is 1. The van der Waals surface area contributed by atoms with Gasteiger partial charge >= 0.3 is 0 Å². The predicted molar refractivity (Wildman–Crippen MR) is 118 cm³/mol. The van der Waals surface area contributed by atoms with Crippen molar-refractivity contribution in [3.8, 4) is 5.75 Å². The summed E-state index contributed by atoms with van der Waals surface area (Å²) in [5.74, 6) is 0.733. The number of hydrogen-bond acceptors (Lipinski definition) is 4. The fourth-order valence-corrected chi connectivity index (χ4v) is 4.92. The maximum absolute atomic E-state index is 13.2. The molecule has 1 unspecified atom stereocenters.